The molecular weight excluding hydrogens is 390 g/mol. The Kier molecular flexibility index (Phi) is 7.60. The highest BCUT2D eigenvalue weighted by Gasteiger charge is 2.44. The van der Waals surface area contributed by atoms with Crippen LogP contribution in [0.4, 0.5) is 0 Å². The molecule has 1 aromatic carbocycles. The van der Waals surface area contributed by atoms with Crippen LogP contribution in [0.5, 0.6) is 0 Å². The average Bonchev–Trinajstić information content (AvgIpc) is 2.95. The average molecular weight is 414 g/mol. The molecule has 1 heterocycles. The summed E-state index contributed by atoms with van der Waals surface area (Å²) in [4.78, 5) is 22.9. The smallest absolute Gasteiger partial charge is 0.313 e. The third kappa shape index (κ3) is 5.05. The molecule has 0 aliphatic carbocycles. The molecule has 9 heteroatoms. The predicted molar refractivity (Wildman–Crippen MR) is 111 cm³/mol. The van der Waals surface area contributed by atoms with Gasteiger partial charge in [-0.05, 0) is 30.6 Å². The zero-order valence-electron chi connectivity index (χ0n) is 14.7. The fourth-order valence-electron chi connectivity index (χ4n) is 2.74. The van der Waals surface area contributed by atoms with Crippen molar-refractivity contribution in [3.05, 3.63) is 35.9 Å². The molecule has 6 nitrogen and oxygen atoms in total. The predicted octanol–water partition coefficient (Wildman–Crippen LogP) is 2.97. The minimum absolute atomic E-state index is 0.00250. The Morgan fingerprint density at radius 1 is 1.38 bits per heavy atom. The number of thiocarbonyl (C=S) groups is 1. The zero-order chi connectivity index (χ0) is 19.2. The maximum atomic E-state index is 12.3. The van der Waals surface area contributed by atoms with Gasteiger partial charge in [-0.3, -0.25) is 15.0 Å². The summed E-state index contributed by atoms with van der Waals surface area (Å²) in [5.41, 5.74) is 3.95. The van der Waals surface area contributed by atoms with E-state index in [0.717, 1.165) is 18.4 Å². The number of aliphatic carboxylic acids is 1. The van der Waals surface area contributed by atoms with Crippen LogP contribution in [0.15, 0.2) is 30.3 Å². The molecule has 1 amide bonds. The molecule has 2 rings (SSSR count). The maximum absolute atomic E-state index is 12.3. The number of carbonyl (C=O) groups is 2. The van der Waals surface area contributed by atoms with E-state index in [1.165, 1.54) is 11.8 Å². The van der Waals surface area contributed by atoms with Crippen LogP contribution in [-0.4, -0.2) is 43.5 Å². The Hall–Kier alpha value is -1.45. The topological polar surface area (TPSA) is 81.7 Å². The minimum atomic E-state index is -0.890. The van der Waals surface area contributed by atoms with Crippen molar-refractivity contribution in [1.29, 1.82) is 0 Å². The lowest BCUT2D eigenvalue weighted by atomic mass is 10.1. The van der Waals surface area contributed by atoms with Crippen molar-refractivity contribution in [3.63, 3.8) is 0 Å². The number of thioether (sulfide) groups is 2. The summed E-state index contributed by atoms with van der Waals surface area (Å²) in [6.45, 7) is 4.10. The summed E-state index contributed by atoms with van der Waals surface area (Å²) in [6.07, 6.45) is 1.62. The number of carboxylic acid groups (broad SMARTS) is 1. The Balaban J connectivity index is 2.09. The molecule has 1 aromatic rings. The van der Waals surface area contributed by atoms with Crippen molar-refractivity contribution in [1.82, 2.24) is 15.8 Å². The number of amides is 1. The van der Waals surface area contributed by atoms with Gasteiger partial charge in [0.15, 0.2) is 5.11 Å². The first-order chi connectivity index (χ1) is 12.4. The number of carbonyl (C=O) groups excluding carboxylic acids is 1. The van der Waals surface area contributed by atoms with Gasteiger partial charge in [0, 0.05) is 0 Å². The van der Waals surface area contributed by atoms with Crippen molar-refractivity contribution < 1.29 is 14.7 Å². The fraction of sp³-hybridized carbons (Fsp3) is 0.471. The van der Waals surface area contributed by atoms with Gasteiger partial charge in [0.1, 0.15) is 10.2 Å². The largest absolute Gasteiger partial charge is 0.481 e. The number of rotatable bonds is 8. The van der Waals surface area contributed by atoms with Crippen LogP contribution in [0.2, 0.25) is 0 Å². The highest BCUT2D eigenvalue weighted by molar-refractivity contribution is 8.01. The first kappa shape index (κ1) is 20.9. The van der Waals surface area contributed by atoms with Crippen LogP contribution in [0.25, 0.3) is 0 Å². The fourth-order valence-corrected chi connectivity index (χ4v) is 5.09. The van der Waals surface area contributed by atoms with Crippen LogP contribution in [-0.2, 0) is 9.59 Å². The van der Waals surface area contributed by atoms with E-state index in [2.05, 4.69) is 24.6 Å². The van der Waals surface area contributed by atoms with Gasteiger partial charge < -0.3 is 10.4 Å². The SMILES string of the molecule is CCC1(CC)SCC(=O)N1NC(=S)NC(SCC(=O)O)c1ccccc1. The normalized spacial score (nSPS) is 17.0. The van der Waals surface area contributed by atoms with Crippen molar-refractivity contribution in [2.45, 2.75) is 36.9 Å². The number of hydrogen-bond acceptors (Lipinski definition) is 5. The van der Waals surface area contributed by atoms with Crippen molar-refractivity contribution in [2.75, 3.05) is 11.5 Å². The number of hydrazine groups is 1. The van der Waals surface area contributed by atoms with E-state index >= 15 is 0 Å². The second-order valence-electron chi connectivity index (χ2n) is 5.75. The molecule has 1 unspecified atom stereocenters. The monoisotopic (exact) mass is 413 g/mol. The second-order valence-corrected chi connectivity index (χ2v) is 8.59. The van der Waals surface area contributed by atoms with Gasteiger partial charge in [-0.2, -0.15) is 0 Å². The standard InChI is InChI=1S/C17H23N3O3S3/c1-3-17(4-2)20(13(21)10-26-17)19-16(24)18-15(25-11-14(22)23)12-8-6-5-7-9-12/h5-9,15H,3-4,10-11H2,1-2H3,(H,22,23)(H2,18,19,24). The van der Waals surface area contributed by atoms with Crippen LogP contribution in [0.1, 0.15) is 37.6 Å². The van der Waals surface area contributed by atoms with Gasteiger partial charge in [-0.1, -0.05) is 44.2 Å². The van der Waals surface area contributed by atoms with Gasteiger partial charge in [0.05, 0.1) is 11.5 Å². The summed E-state index contributed by atoms with van der Waals surface area (Å²) >= 11 is 8.27. The van der Waals surface area contributed by atoms with E-state index in [1.54, 1.807) is 16.8 Å². The van der Waals surface area contributed by atoms with E-state index in [1.807, 2.05) is 30.3 Å². The Morgan fingerprint density at radius 3 is 2.62 bits per heavy atom. The highest BCUT2D eigenvalue weighted by Crippen LogP contribution is 2.40. The number of carboxylic acids is 1. The lowest BCUT2D eigenvalue weighted by Crippen LogP contribution is -2.56. The van der Waals surface area contributed by atoms with E-state index in [9.17, 15) is 9.59 Å². The second kappa shape index (κ2) is 9.48. The quantitative estimate of drug-likeness (QED) is 0.443. The molecule has 0 saturated carbocycles. The molecule has 142 valence electrons. The van der Waals surface area contributed by atoms with Crippen molar-refractivity contribution in [3.8, 4) is 0 Å². The molecule has 1 saturated heterocycles. The van der Waals surface area contributed by atoms with E-state index < -0.39 is 5.97 Å². The van der Waals surface area contributed by atoms with Gasteiger partial charge in [0.25, 0.3) is 5.91 Å². The van der Waals surface area contributed by atoms with E-state index in [4.69, 9.17) is 17.3 Å². The molecule has 1 atom stereocenters. The molecule has 0 spiro atoms. The molecule has 1 fully saturated rings. The molecule has 1 aliphatic rings. The Labute approximate surface area is 167 Å². The molecule has 1 aliphatic heterocycles. The van der Waals surface area contributed by atoms with Gasteiger partial charge >= 0.3 is 5.97 Å². The number of nitrogens with zero attached hydrogens (tertiary/aromatic N) is 1. The summed E-state index contributed by atoms with van der Waals surface area (Å²) in [7, 11) is 0. The lowest BCUT2D eigenvalue weighted by molar-refractivity contribution is -0.134. The minimum Gasteiger partial charge on any atom is -0.481 e. The summed E-state index contributed by atoms with van der Waals surface area (Å²) in [5, 5.41) is 13.7. The number of nitrogens with one attached hydrogen (secondary N) is 2. The van der Waals surface area contributed by atoms with E-state index in [-0.39, 0.29) is 21.9 Å². The summed E-state index contributed by atoms with van der Waals surface area (Å²) in [5.74, 6) is -0.523. The third-order valence-corrected chi connectivity index (χ3v) is 7.21. The summed E-state index contributed by atoms with van der Waals surface area (Å²) < 4.78 is 0. The summed E-state index contributed by atoms with van der Waals surface area (Å²) in [6, 6.07) is 9.50. The van der Waals surface area contributed by atoms with Gasteiger partial charge in [-0.25, -0.2) is 5.01 Å². The molecule has 0 bridgehead atoms. The van der Waals surface area contributed by atoms with Crippen molar-refractivity contribution >= 4 is 52.7 Å². The Morgan fingerprint density at radius 2 is 2.04 bits per heavy atom. The molecule has 0 aromatic heterocycles. The zero-order valence-corrected chi connectivity index (χ0v) is 17.2. The lowest BCUT2D eigenvalue weighted by Gasteiger charge is -2.37. The van der Waals surface area contributed by atoms with Gasteiger partial charge in [0.2, 0.25) is 0 Å². The van der Waals surface area contributed by atoms with Crippen LogP contribution < -0.4 is 10.7 Å². The molecular formula is C17H23N3O3S3. The van der Waals surface area contributed by atoms with Crippen LogP contribution in [0, 0.1) is 0 Å². The molecule has 26 heavy (non-hydrogen) atoms. The first-order valence-electron chi connectivity index (χ1n) is 8.34. The van der Waals surface area contributed by atoms with Crippen LogP contribution >= 0.6 is 35.7 Å². The third-order valence-electron chi connectivity index (χ3n) is 4.18. The van der Waals surface area contributed by atoms with E-state index in [0.29, 0.717) is 10.9 Å². The molecule has 0 radical (unpaired) electrons. The number of hydrogen-bond donors (Lipinski definition) is 3. The molecule has 3 N–H and O–H groups in total. The first-order valence-corrected chi connectivity index (χ1v) is 10.8. The van der Waals surface area contributed by atoms with Crippen LogP contribution in [0.3, 0.4) is 0 Å². The van der Waals surface area contributed by atoms with Crippen molar-refractivity contribution in [2.24, 2.45) is 0 Å². The highest BCUT2D eigenvalue weighted by atomic mass is 32.2. The maximum Gasteiger partial charge on any atom is 0.313 e. The number of benzene rings is 1. The van der Waals surface area contributed by atoms with Gasteiger partial charge in [-0.15, -0.1) is 23.5 Å². The Bertz CT molecular complexity index is 653.